The van der Waals surface area contributed by atoms with Crippen LogP contribution in [0.5, 0.6) is 0 Å². The van der Waals surface area contributed by atoms with Crippen LogP contribution in [-0.2, 0) is 0 Å². The van der Waals surface area contributed by atoms with Gasteiger partial charge in [0, 0.05) is 11.9 Å². The zero-order chi connectivity index (χ0) is 10.7. The highest BCUT2D eigenvalue weighted by molar-refractivity contribution is 7.16. The van der Waals surface area contributed by atoms with Gasteiger partial charge in [0.25, 0.3) is 0 Å². The Morgan fingerprint density at radius 1 is 1.50 bits per heavy atom. The van der Waals surface area contributed by atoms with Gasteiger partial charge in [0.2, 0.25) is 5.96 Å². The van der Waals surface area contributed by atoms with Crippen LogP contribution in [0.3, 0.4) is 0 Å². The number of nitrogens with zero attached hydrogens (tertiary/aromatic N) is 1. The molecule has 0 radical (unpaired) electrons. The van der Waals surface area contributed by atoms with Crippen LogP contribution in [0.4, 0.5) is 5.00 Å². The molecule has 0 bridgehead atoms. The number of aryl methyl sites for hydroxylation is 1. The lowest BCUT2D eigenvalue weighted by Crippen LogP contribution is -2.44. The molecule has 0 spiro atoms. The summed E-state index contributed by atoms with van der Waals surface area (Å²) < 4.78 is 0. The first-order valence-corrected chi connectivity index (χ1v) is 4.82. The van der Waals surface area contributed by atoms with E-state index >= 15 is 0 Å². The molecule has 0 aliphatic heterocycles. The molecule has 76 valence electrons. The van der Waals surface area contributed by atoms with Crippen LogP contribution < -0.4 is 16.0 Å². The number of hydrogen-bond acceptors (Lipinski definition) is 3. The quantitative estimate of drug-likeness (QED) is 0.411. The second kappa shape index (κ2) is 4.10. The Morgan fingerprint density at radius 2 is 2.14 bits per heavy atom. The molecule has 5 nitrogen and oxygen atoms in total. The molecule has 1 aromatic rings. The van der Waals surface area contributed by atoms with Crippen molar-refractivity contribution in [2.75, 3.05) is 11.9 Å². The summed E-state index contributed by atoms with van der Waals surface area (Å²) in [5.41, 5.74) is 5.12. The molecule has 0 aliphatic carbocycles. The number of hydrogen-bond donors (Lipinski definition) is 4. The van der Waals surface area contributed by atoms with E-state index in [1.54, 1.807) is 23.3 Å². The molecule has 1 heterocycles. The Labute approximate surface area is 86.6 Å². The Morgan fingerprint density at radius 3 is 2.57 bits per heavy atom. The molecule has 0 atom stereocenters. The van der Waals surface area contributed by atoms with Crippen molar-refractivity contribution >= 4 is 28.3 Å². The van der Waals surface area contributed by atoms with E-state index in [0.29, 0.717) is 0 Å². The van der Waals surface area contributed by atoms with Crippen molar-refractivity contribution in [3.05, 3.63) is 17.0 Å². The fourth-order valence-electron chi connectivity index (χ4n) is 0.924. The third kappa shape index (κ3) is 2.46. The van der Waals surface area contributed by atoms with Gasteiger partial charge >= 0.3 is 0 Å². The molecule has 14 heavy (non-hydrogen) atoms. The van der Waals surface area contributed by atoms with E-state index in [4.69, 9.17) is 16.6 Å². The second-order valence-electron chi connectivity index (χ2n) is 2.83. The minimum absolute atomic E-state index is 0.0966. The molecular weight excluding hydrogens is 198 g/mol. The molecule has 0 saturated heterocycles. The standard InChI is InChI=1S/C8H13N5S/c1-5-3-4-6(14-5)13(2)8(11)12-7(9)10/h3-4H,1-2H3,(H5,9,10,11,12). The molecule has 0 fully saturated rings. The summed E-state index contributed by atoms with van der Waals surface area (Å²) in [7, 11) is 1.75. The van der Waals surface area contributed by atoms with E-state index in [9.17, 15) is 0 Å². The van der Waals surface area contributed by atoms with E-state index in [0.717, 1.165) is 5.00 Å². The number of nitrogens with one attached hydrogen (secondary N) is 3. The smallest absolute Gasteiger partial charge is 0.202 e. The Balaban J connectivity index is 2.70. The molecule has 1 aromatic heterocycles. The van der Waals surface area contributed by atoms with Crippen LogP contribution in [0, 0.1) is 17.7 Å². The van der Waals surface area contributed by atoms with Crippen LogP contribution in [-0.4, -0.2) is 19.0 Å². The van der Waals surface area contributed by atoms with Gasteiger partial charge in [0.15, 0.2) is 5.96 Å². The highest BCUT2D eigenvalue weighted by atomic mass is 32.1. The predicted molar refractivity (Wildman–Crippen MR) is 60.2 cm³/mol. The Bertz CT molecular complexity index is 356. The van der Waals surface area contributed by atoms with Crippen molar-refractivity contribution in [2.24, 2.45) is 5.73 Å². The summed E-state index contributed by atoms with van der Waals surface area (Å²) in [4.78, 5) is 2.82. The topological polar surface area (TPSA) is 89.0 Å². The summed E-state index contributed by atoms with van der Waals surface area (Å²) in [6.45, 7) is 2.00. The number of guanidine groups is 2. The van der Waals surface area contributed by atoms with Crippen molar-refractivity contribution in [3.8, 4) is 0 Å². The molecule has 0 unspecified atom stereocenters. The van der Waals surface area contributed by atoms with Crippen molar-refractivity contribution in [1.82, 2.24) is 5.32 Å². The lowest BCUT2D eigenvalue weighted by atomic mass is 10.5. The van der Waals surface area contributed by atoms with E-state index in [1.807, 2.05) is 19.1 Å². The molecule has 5 N–H and O–H groups in total. The largest absolute Gasteiger partial charge is 0.370 e. The fourth-order valence-corrected chi connectivity index (χ4v) is 1.75. The third-order valence-corrected chi connectivity index (χ3v) is 2.72. The van der Waals surface area contributed by atoms with Gasteiger partial charge in [-0.05, 0) is 19.1 Å². The van der Waals surface area contributed by atoms with Crippen LogP contribution >= 0.6 is 11.3 Å². The molecular formula is C8H13N5S. The minimum Gasteiger partial charge on any atom is -0.370 e. The highest BCUT2D eigenvalue weighted by Gasteiger charge is 2.08. The van der Waals surface area contributed by atoms with Gasteiger partial charge in [-0.15, -0.1) is 11.3 Å². The van der Waals surface area contributed by atoms with Crippen LogP contribution in [0.1, 0.15) is 4.88 Å². The minimum atomic E-state index is -0.227. The molecule has 1 rings (SSSR count). The average molecular weight is 211 g/mol. The number of rotatable bonds is 1. The van der Waals surface area contributed by atoms with E-state index in [-0.39, 0.29) is 11.9 Å². The van der Waals surface area contributed by atoms with Crippen LogP contribution in [0.25, 0.3) is 0 Å². The number of anilines is 1. The lowest BCUT2D eigenvalue weighted by Gasteiger charge is -2.17. The van der Waals surface area contributed by atoms with Crippen molar-refractivity contribution in [1.29, 1.82) is 10.8 Å². The summed E-state index contributed by atoms with van der Waals surface area (Å²) >= 11 is 1.59. The SMILES string of the molecule is Cc1ccc(N(C)C(=N)NC(=N)N)s1. The van der Waals surface area contributed by atoms with Gasteiger partial charge in [-0.1, -0.05) is 0 Å². The maximum Gasteiger partial charge on any atom is 0.202 e. The molecule has 0 saturated carbocycles. The summed E-state index contributed by atoms with van der Waals surface area (Å²) in [5.74, 6) is -0.130. The molecule has 0 amide bonds. The third-order valence-electron chi connectivity index (χ3n) is 1.65. The highest BCUT2D eigenvalue weighted by Crippen LogP contribution is 2.23. The van der Waals surface area contributed by atoms with Gasteiger partial charge in [0.1, 0.15) is 0 Å². The second-order valence-corrected chi connectivity index (χ2v) is 4.10. The Hall–Kier alpha value is -1.56. The molecule has 0 aromatic carbocycles. The first-order chi connectivity index (χ1) is 6.50. The van der Waals surface area contributed by atoms with E-state index in [1.165, 1.54) is 4.88 Å². The van der Waals surface area contributed by atoms with Crippen LogP contribution in [0.2, 0.25) is 0 Å². The predicted octanol–water partition coefficient (Wildman–Crippen LogP) is 0.911. The lowest BCUT2D eigenvalue weighted by molar-refractivity contribution is 1.12. The molecule has 6 heteroatoms. The van der Waals surface area contributed by atoms with Crippen LogP contribution in [0.15, 0.2) is 12.1 Å². The van der Waals surface area contributed by atoms with Crippen molar-refractivity contribution in [2.45, 2.75) is 6.92 Å². The van der Waals surface area contributed by atoms with E-state index in [2.05, 4.69) is 5.32 Å². The maximum atomic E-state index is 7.57. The number of thiophene rings is 1. The van der Waals surface area contributed by atoms with E-state index < -0.39 is 0 Å². The monoisotopic (exact) mass is 211 g/mol. The first kappa shape index (κ1) is 10.5. The van der Waals surface area contributed by atoms with Gasteiger partial charge in [-0.2, -0.15) is 0 Å². The average Bonchev–Trinajstić information content (AvgIpc) is 2.49. The first-order valence-electron chi connectivity index (χ1n) is 4.00. The summed E-state index contributed by atoms with van der Waals surface area (Å²) in [5, 5.41) is 17.9. The van der Waals surface area contributed by atoms with Crippen molar-refractivity contribution in [3.63, 3.8) is 0 Å². The fraction of sp³-hybridized carbons (Fsp3) is 0.250. The zero-order valence-electron chi connectivity index (χ0n) is 8.09. The molecule has 0 aliphatic rings. The summed E-state index contributed by atoms with van der Waals surface area (Å²) in [6.07, 6.45) is 0. The Kier molecular flexibility index (Phi) is 3.08. The van der Waals surface area contributed by atoms with Gasteiger partial charge in [-0.25, -0.2) is 0 Å². The number of nitrogens with two attached hydrogens (primary N) is 1. The zero-order valence-corrected chi connectivity index (χ0v) is 8.90. The maximum absolute atomic E-state index is 7.57. The van der Waals surface area contributed by atoms with Gasteiger partial charge in [-0.3, -0.25) is 16.1 Å². The van der Waals surface area contributed by atoms with Gasteiger partial charge < -0.3 is 10.6 Å². The normalized spacial score (nSPS) is 9.57. The van der Waals surface area contributed by atoms with Gasteiger partial charge in [0.05, 0.1) is 5.00 Å². The van der Waals surface area contributed by atoms with Crippen molar-refractivity contribution < 1.29 is 0 Å². The summed E-state index contributed by atoms with van der Waals surface area (Å²) in [6, 6.07) is 3.91.